The number of nitrogens with two attached hydrogens (primary N) is 2. The van der Waals surface area contributed by atoms with Gasteiger partial charge in [0.25, 0.3) is 5.91 Å². The van der Waals surface area contributed by atoms with Crippen LogP contribution in [0.5, 0.6) is 34.5 Å². The number of aromatic carboxylic acids is 1. The van der Waals surface area contributed by atoms with Crippen LogP contribution in [0.15, 0.2) is 97.3 Å². The molecular formula is C48H48Cl2F6N6O7. The standard InChI is InChI=1S/C24H22F3N3O3.C13H7F3O3.C11H17N3O.2ClH/c1-32-21-12-23(28)29-13-18(21)14-6-8-30(9-7-14)24(31)17-10-20(27)22(11-19(17)26)33-16-4-2-15(25)3-5-16;14-7-1-3-8(4-2-7)19-12-6-10(15)9(13(17)18)5-11(12)16;1-15-10-6-11(12)14-7-9(10)8-2-4-13-5-3-8;;/h2-5,10-14H,6-9H2,1H3,(H2,28,29);1-6H,(H,17,18);6-8,13H,2-5H2,1H3,(H2,12,14);2*1H. The minimum Gasteiger partial charge on any atom is -0.496 e. The number of pyridine rings is 2. The largest absolute Gasteiger partial charge is 0.496 e. The Morgan fingerprint density at radius 1 is 0.594 bits per heavy atom. The predicted molar refractivity (Wildman–Crippen MR) is 250 cm³/mol. The third-order valence-corrected chi connectivity index (χ3v) is 10.9. The lowest BCUT2D eigenvalue weighted by molar-refractivity contribution is 0.0687. The zero-order valence-electron chi connectivity index (χ0n) is 37.0. The van der Waals surface area contributed by atoms with Gasteiger partial charge in [0.05, 0.1) is 25.3 Å². The van der Waals surface area contributed by atoms with Crippen LogP contribution >= 0.6 is 24.8 Å². The molecule has 0 aliphatic carbocycles. The molecule has 0 spiro atoms. The highest BCUT2D eigenvalue weighted by Crippen LogP contribution is 2.36. The Morgan fingerprint density at radius 3 is 1.42 bits per heavy atom. The molecule has 0 unspecified atom stereocenters. The predicted octanol–water partition coefficient (Wildman–Crippen LogP) is 10.5. The fourth-order valence-electron chi connectivity index (χ4n) is 7.39. The number of methoxy groups -OCH3 is 2. The zero-order chi connectivity index (χ0) is 48.2. The summed E-state index contributed by atoms with van der Waals surface area (Å²) < 4.78 is 103. The monoisotopic (exact) mass is 1000 g/mol. The maximum absolute atomic E-state index is 14.7. The minimum atomic E-state index is -1.58. The second-order valence-electron chi connectivity index (χ2n) is 15.2. The van der Waals surface area contributed by atoms with Crippen LogP contribution < -0.4 is 35.7 Å². The molecule has 0 radical (unpaired) electrons. The molecule has 0 atom stereocenters. The van der Waals surface area contributed by atoms with Gasteiger partial charge in [0.1, 0.15) is 57.9 Å². The van der Waals surface area contributed by atoms with Gasteiger partial charge in [0, 0.05) is 60.9 Å². The first-order valence-corrected chi connectivity index (χ1v) is 20.8. The summed E-state index contributed by atoms with van der Waals surface area (Å²) >= 11 is 0. The van der Waals surface area contributed by atoms with Crippen LogP contribution in [0.1, 0.15) is 69.4 Å². The van der Waals surface area contributed by atoms with Crippen molar-refractivity contribution < 1.29 is 60.0 Å². The average Bonchev–Trinajstić information content (AvgIpc) is 3.33. The number of halogens is 8. The number of amides is 1. The number of nitrogens with one attached hydrogen (secondary N) is 1. The second-order valence-corrected chi connectivity index (χ2v) is 15.2. The summed E-state index contributed by atoms with van der Waals surface area (Å²) in [7, 11) is 3.23. The minimum absolute atomic E-state index is 0. The molecule has 2 aliphatic rings. The molecule has 1 amide bonds. The maximum Gasteiger partial charge on any atom is 0.338 e. The van der Waals surface area contributed by atoms with Gasteiger partial charge in [-0.2, -0.15) is 0 Å². The molecule has 6 N–H and O–H groups in total. The average molecular weight is 1010 g/mol. The van der Waals surface area contributed by atoms with Crippen molar-refractivity contribution in [1.82, 2.24) is 20.2 Å². The number of carbonyl (C=O) groups excluding carboxylic acids is 1. The van der Waals surface area contributed by atoms with Gasteiger partial charge in [0.2, 0.25) is 0 Å². The molecule has 4 heterocycles. The summed E-state index contributed by atoms with van der Waals surface area (Å²) in [6.07, 6.45) is 7.03. The van der Waals surface area contributed by atoms with E-state index in [1.165, 1.54) is 34.7 Å². The van der Waals surface area contributed by atoms with Gasteiger partial charge >= 0.3 is 5.97 Å². The van der Waals surface area contributed by atoms with E-state index in [1.807, 2.05) is 6.20 Å². The molecule has 2 fully saturated rings. The number of likely N-dealkylation sites (tertiary alicyclic amines) is 1. The van der Waals surface area contributed by atoms with Gasteiger partial charge in [-0.1, -0.05) is 0 Å². The summed E-state index contributed by atoms with van der Waals surface area (Å²) in [5.41, 5.74) is 12.3. The third-order valence-electron chi connectivity index (χ3n) is 10.9. The Morgan fingerprint density at radius 2 is 1.00 bits per heavy atom. The summed E-state index contributed by atoms with van der Waals surface area (Å²) in [5.74, 6) is -4.69. The lowest BCUT2D eigenvalue weighted by Gasteiger charge is -2.32. The molecule has 0 bridgehead atoms. The molecule has 0 saturated carbocycles. The number of carboxylic acids is 1. The van der Waals surface area contributed by atoms with Crippen molar-refractivity contribution in [3.8, 4) is 34.5 Å². The quantitative estimate of drug-likeness (QED) is 0.0954. The van der Waals surface area contributed by atoms with E-state index in [4.69, 9.17) is 35.5 Å². The van der Waals surface area contributed by atoms with Crippen molar-refractivity contribution in [3.05, 3.63) is 154 Å². The lowest BCUT2D eigenvalue weighted by Crippen LogP contribution is -2.38. The molecule has 8 rings (SSSR count). The van der Waals surface area contributed by atoms with Gasteiger partial charge < -0.3 is 45.7 Å². The molecule has 2 saturated heterocycles. The Balaban J connectivity index is 0.000000244. The number of rotatable bonds is 10. The van der Waals surface area contributed by atoms with E-state index in [-0.39, 0.29) is 47.8 Å². The van der Waals surface area contributed by atoms with Crippen LogP contribution in [-0.4, -0.2) is 72.2 Å². The van der Waals surface area contributed by atoms with Crippen LogP contribution in [0.3, 0.4) is 0 Å². The summed E-state index contributed by atoms with van der Waals surface area (Å²) in [5, 5.41) is 12.0. The van der Waals surface area contributed by atoms with E-state index in [9.17, 15) is 35.9 Å². The number of benzene rings is 4. The first kappa shape index (κ1) is 54.6. The van der Waals surface area contributed by atoms with Crippen LogP contribution in [-0.2, 0) is 0 Å². The zero-order valence-corrected chi connectivity index (χ0v) is 38.7. The molecule has 2 aliphatic heterocycles. The van der Waals surface area contributed by atoms with Gasteiger partial charge in [-0.15, -0.1) is 24.8 Å². The first-order chi connectivity index (χ1) is 32.1. The maximum atomic E-state index is 14.7. The van der Waals surface area contributed by atoms with E-state index in [2.05, 4.69) is 15.3 Å². The van der Waals surface area contributed by atoms with Crippen molar-refractivity contribution in [2.45, 2.75) is 37.5 Å². The highest BCUT2D eigenvalue weighted by atomic mass is 35.5. The molecule has 6 aromatic rings. The number of anilines is 2. The molecular weight excluding hydrogens is 957 g/mol. The van der Waals surface area contributed by atoms with Crippen LogP contribution in [0.4, 0.5) is 38.0 Å². The smallest absolute Gasteiger partial charge is 0.338 e. The van der Waals surface area contributed by atoms with Crippen LogP contribution in [0.25, 0.3) is 0 Å². The molecule has 2 aromatic heterocycles. The topological polar surface area (TPSA) is 184 Å². The number of carboxylic acid groups (broad SMARTS) is 1. The van der Waals surface area contributed by atoms with Crippen molar-refractivity contribution in [2.75, 3.05) is 51.9 Å². The molecule has 4 aromatic carbocycles. The number of aromatic nitrogens is 2. The van der Waals surface area contributed by atoms with Crippen molar-refractivity contribution in [1.29, 1.82) is 0 Å². The van der Waals surface area contributed by atoms with Crippen molar-refractivity contribution in [2.24, 2.45) is 0 Å². The van der Waals surface area contributed by atoms with E-state index in [0.717, 1.165) is 73.6 Å². The Hall–Kier alpha value is -6.96. The van der Waals surface area contributed by atoms with Gasteiger partial charge in [-0.05, 0) is 111 Å². The SMILES string of the molecule is COc1cc(N)ncc1C1CCN(C(=O)c2cc(F)c(Oc3ccc(F)cc3)cc2F)CC1.COc1cc(N)ncc1C1CCNCC1.Cl.Cl.O=C(O)c1cc(F)c(Oc2ccc(F)cc2)cc1F. The number of piperidine rings is 2. The van der Waals surface area contributed by atoms with E-state index in [0.29, 0.717) is 61.4 Å². The normalized spacial score (nSPS) is 13.5. The Kier molecular flexibility index (Phi) is 20.1. The summed E-state index contributed by atoms with van der Waals surface area (Å²) in [6.45, 7) is 2.87. The van der Waals surface area contributed by atoms with Crippen molar-refractivity contribution >= 4 is 48.3 Å². The highest BCUT2D eigenvalue weighted by molar-refractivity contribution is 5.95. The van der Waals surface area contributed by atoms with E-state index >= 15 is 0 Å². The Labute approximate surface area is 405 Å². The number of hydrogen-bond acceptors (Lipinski definition) is 11. The van der Waals surface area contributed by atoms with Gasteiger partial charge in [0.15, 0.2) is 23.1 Å². The van der Waals surface area contributed by atoms with Gasteiger partial charge in [-0.3, -0.25) is 4.79 Å². The molecule has 368 valence electrons. The second kappa shape index (κ2) is 25.4. The van der Waals surface area contributed by atoms with Crippen LogP contribution in [0, 0.1) is 34.9 Å². The van der Waals surface area contributed by atoms with E-state index < -0.39 is 63.8 Å². The number of ether oxygens (including phenoxy) is 4. The summed E-state index contributed by atoms with van der Waals surface area (Å²) in [4.78, 5) is 33.2. The number of nitrogen functional groups attached to an aromatic ring is 2. The number of carbonyl (C=O) groups is 2. The fourth-order valence-corrected chi connectivity index (χ4v) is 7.39. The number of hydrogen-bond donors (Lipinski definition) is 4. The molecule has 21 heteroatoms. The molecule has 69 heavy (non-hydrogen) atoms. The van der Waals surface area contributed by atoms with Gasteiger partial charge in [-0.25, -0.2) is 41.1 Å². The number of nitrogens with zero attached hydrogens (tertiary/aromatic N) is 3. The fraction of sp³-hybridized carbons (Fsp3) is 0.250. The third kappa shape index (κ3) is 14.5. The Bertz CT molecular complexity index is 2680. The highest BCUT2D eigenvalue weighted by Gasteiger charge is 2.29. The van der Waals surface area contributed by atoms with Crippen molar-refractivity contribution in [3.63, 3.8) is 0 Å². The summed E-state index contributed by atoms with van der Waals surface area (Å²) in [6, 6.07) is 15.8. The van der Waals surface area contributed by atoms with E-state index in [1.54, 1.807) is 32.5 Å². The first-order valence-electron chi connectivity index (χ1n) is 20.8. The van der Waals surface area contributed by atoms with Crippen LogP contribution in [0.2, 0.25) is 0 Å². The molecule has 13 nitrogen and oxygen atoms in total. The lowest BCUT2D eigenvalue weighted by atomic mass is 9.89.